The first-order valence-electron chi connectivity index (χ1n) is 9.13. The quantitative estimate of drug-likeness (QED) is 0.852. The molecular formula is C18H22F3N5O2. The van der Waals surface area contributed by atoms with Crippen LogP contribution in [0.2, 0.25) is 0 Å². The van der Waals surface area contributed by atoms with Crippen LogP contribution < -0.4 is 5.32 Å². The normalized spacial score (nSPS) is 18.3. The summed E-state index contributed by atoms with van der Waals surface area (Å²) in [5.41, 5.74) is 0.772. The Kier molecular flexibility index (Phi) is 5.87. The largest absolute Gasteiger partial charge is 0.471 e. The lowest BCUT2D eigenvalue weighted by molar-refractivity contribution is -0.159. The third kappa shape index (κ3) is 4.44. The summed E-state index contributed by atoms with van der Waals surface area (Å²) in [5, 5.41) is 6.19. The molecule has 1 unspecified atom stereocenters. The molecule has 0 spiro atoms. The van der Waals surface area contributed by atoms with E-state index < -0.39 is 12.1 Å². The fraction of sp³-hybridized carbons (Fsp3) is 0.500. The topological polar surface area (TPSA) is 74.5 Å². The van der Waals surface area contributed by atoms with Crippen LogP contribution in [0.25, 0.3) is 11.4 Å². The van der Waals surface area contributed by atoms with Gasteiger partial charge in [-0.3, -0.25) is 4.90 Å². The van der Waals surface area contributed by atoms with Gasteiger partial charge in [-0.1, -0.05) is 31.1 Å². The van der Waals surface area contributed by atoms with Gasteiger partial charge in [-0.05, 0) is 25.1 Å². The number of rotatable bonds is 4. The number of nitrogens with zero attached hydrogens (tertiary/aromatic N) is 4. The Labute approximate surface area is 160 Å². The fourth-order valence-corrected chi connectivity index (χ4v) is 3.21. The predicted octanol–water partition coefficient (Wildman–Crippen LogP) is 3.70. The molecule has 1 aromatic heterocycles. The Morgan fingerprint density at radius 1 is 1.32 bits per heavy atom. The van der Waals surface area contributed by atoms with Crippen LogP contribution in [0.5, 0.6) is 0 Å². The van der Waals surface area contributed by atoms with E-state index in [0.717, 1.165) is 26.1 Å². The van der Waals surface area contributed by atoms with Crippen molar-refractivity contribution in [2.75, 3.05) is 31.5 Å². The number of halogens is 3. The Hall–Kier alpha value is -2.62. The number of amides is 2. The average molecular weight is 397 g/mol. The van der Waals surface area contributed by atoms with Crippen molar-refractivity contribution in [1.82, 2.24) is 19.9 Å². The average Bonchev–Trinajstić information content (AvgIpc) is 3.18. The highest BCUT2D eigenvalue weighted by Crippen LogP contribution is 2.30. The van der Waals surface area contributed by atoms with Gasteiger partial charge >= 0.3 is 18.1 Å². The molecule has 1 fully saturated rings. The van der Waals surface area contributed by atoms with Crippen LogP contribution in [0, 0.1) is 0 Å². The van der Waals surface area contributed by atoms with E-state index in [9.17, 15) is 18.0 Å². The van der Waals surface area contributed by atoms with Crippen LogP contribution in [-0.2, 0) is 6.18 Å². The van der Waals surface area contributed by atoms with Crippen molar-refractivity contribution in [2.24, 2.45) is 0 Å². The van der Waals surface area contributed by atoms with Crippen LogP contribution in [-0.4, -0.2) is 58.2 Å². The minimum Gasteiger partial charge on any atom is -0.329 e. The number of hydrogen-bond acceptors (Lipinski definition) is 5. The van der Waals surface area contributed by atoms with Crippen molar-refractivity contribution in [3.8, 4) is 11.4 Å². The number of urea groups is 1. The number of nitrogens with one attached hydrogen (secondary N) is 1. The molecule has 7 nitrogen and oxygen atoms in total. The molecule has 1 saturated heterocycles. The van der Waals surface area contributed by atoms with Crippen LogP contribution in [0.4, 0.5) is 23.7 Å². The molecule has 0 saturated carbocycles. The van der Waals surface area contributed by atoms with Gasteiger partial charge in [-0.25, -0.2) is 4.79 Å². The first-order chi connectivity index (χ1) is 13.3. The maximum absolute atomic E-state index is 12.7. The second-order valence-corrected chi connectivity index (χ2v) is 6.58. The van der Waals surface area contributed by atoms with Crippen molar-refractivity contribution >= 4 is 11.7 Å². The molecule has 2 amide bonds. The molecule has 152 valence electrons. The highest BCUT2D eigenvalue weighted by Gasteiger charge is 2.38. The van der Waals surface area contributed by atoms with E-state index in [2.05, 4.69) is 31.8 Å². The maximum Gasteiger partial charge on any atom is 0.471 e. The summed E-state index contributed by atoms with van der Waals surface area (Å²) in [7, 11) is 0. The number of hydrogen-bond donors (Lipinski definition) is 1. The zero-order valence-corrected chi connectivity index (χ0v) is 15.7. The standard InChI is InChI=1S/C18H22F3N5O2/c1-3-14-11-25(4-2)8-9-26(14)17(27)22-13-7-5-6-12(10-13)15-23-16(28-24-15)18(19,20)21/h5-7,10,14H,3-4,8-9,11H2,1-2H3,(H,22,27). The molecule has 0 aliphatic carbocycles. The van der Waals surface area contributed by atoms with Gasteiger partial charge in [0.2, 0.25) is 5.82 Å². The van der Waals surface area contributed by atoms with Gasteiger partial charge in [0.15, 0.2) is 0 Å². The highest BCUT2D eigenvalue weighted by molar-refractivity contribution is 5.90. The number of benzene rings is 1. The third-order valence-electron chi connectivity index (χ3n) is 4.79. The summed E-state index contributed by atoms with van der Waals surface area (Å²) in [4.78, 5) is 20.2. The van der Waals surface area contributed by atoms with E-state index >= 15 is 0 Å². The number of anilines is 1. The zero-order valence-electron chi connectivity index (χ0n) is 15.7. The van der Waals surface area contributed by atoms with Gasteiger partial charge < -0.3 is 14.7 Å². The van der Waals surface area contributed by atoms with Crippen LogP contribution in [0.1, 0.15) is 26.2 Å². The molecule has 3 rings (SSSR count). The number of carbonyl (C=O) groups excluding carboxylic acids is 1. The van der Waals surface area contributed by atoms with Crippen molar-refractivity contribution < 1.29 is 22.5 Å². The van der Waals surface area contributed by atoms with Gasteiger partial charge in [0, 0.05) is 36.9 Å². The van der Waals surface area contributed by atoms with Crippen LogP contribution in [0.15, 0.2) is 28.8 Å². The number of alkyl halides is 3. The van der Waals surface area contributed by atoms with Crippen LogP contribution in [0.3, 0.4) is 0 Å². The number of aromatic nitrogens is 2. The Morgan fingerprint density at radius 2 is 2.11 bits per heavy atom. The minimum absolute atomic E-state index is 0.114. The number of carbonyl (C=O) groups is 1. The van der Waals surface area contributed by atoms with Gasteiger partial charge in [0.25, 0.3) is 0 Å². The molecule has 0 bridgehead atoms. The number of piperazine rings is 1. The Balaban J connectivity index is 1.72. The SMILES string of the molecule is CCC1CN(CC)CCN1C(=O)Nc1cccc(-c2noc(C(F)(F)F)n2)c1. The second kappa shape index (κ2) is 8.17. The zero-order chi connectivity index (χ0) is 20.3. The molecule has 1 aromatic carbocycles. The predicted molar refractivity (Wildman–Crippen MR) is 96.7 cm³/mol. The summed E-state index contributed by atoms with van der Waals surface area (Å²) < 4.78 is 42.2. The summed E-state index contributed by atoms with van der Waals surface area (Å²) in [6.45, 7) is 7.33. The monoisotopic (exact) mass is 397 g/mol. The summed E-state index contributed by atoms with van der Waals surface area (Å²) >= 11 is 0. The molecule has 10 heteroatoms. The molecule has 1 atom stereocenters. The molecule has 2 heterocycles. The maximum atomic E-state index is 12.7. The third-order valence-corrected chi connectivity index (χ3v) is 4.79. The first kappa shape index (κ1) is 20.1. The molecular weight excluding hydrogens is 375 g/mol. The second-order valence-electron chi connectivity index (χ2n) is 6.58. The first-order valence-corrected chi connectivity index (χ1v) is 9.13. The van der Waals surface area contributed by atoms with E-state index in [4.69, 9.17) is 0 Å². The Morgan fingerprint density at radius 3 is 2.75 bits per heavy atom. The van der Waals surface area contributed by atoms with E-state index in [1.165, 1.54) is 6.07 Å². The lowest BCUT2D eigenvalue weighted by Crippen LogP contribution is -2.55. The number of likely N-dealkylation sites (N-methyl/N-ethyl adjacent to an activating group) is 1. The molecule has 0 radical (unpaired) electrons. The van der Waals surface area contributed by atoms with Crippen molar-refractivity contribution in [3.05, 3.63) is 30.2 Å². The minimum atomic E-state index is -4.70. The van der Waals surface area contributed by atoms with E-state index in [1.807, 2.05) is 6.92 Å². The summed E-state index contributed by atoms with van der Waals surface area (Å²) in [6.07, 6.45) is -3.86. The van der Waals surface area contributed by atoms with Crippen molar-refractivity contribution in [1.29, 1.82) is 0 Å². The van der Waals surface area contributed by atoms with Gasteiger partial charge in [-0.15, -0.1) is 0 Å². The van der Waals surface area contributed by atoms with Gasteiger partial charge in [0.05, 0.1) is 0 Å². The molecule has 1 N–H and O–H groups in total. The molecule has 1 aliphatic rings. The smallest absolute Gasteiger partial charge is 0.329 e. The summed E-state index contributed by atoms with van der Waals surface area (Å²) in [5.74, 6) is -1.59. The summed E-state index contributed by atoms with van der Waals surface area (Å²) in [6, 6.07) is 6.23. The molecule has 28 heavy (non-hydrogen) atoms. The highest BCUT2D eigenvalue weighted by atomic mass is 19.4. The molecule has 1 aliphatic heterocycles. The lowest BCUT2D eigenvalue weighted by atomic mass is 10.1. The van der Waals surface area contributed by atoms with E-state index in [1.54, 1.807) is 23.1 Å². The van der Waals surface area contributed by atoms with Gasteiger partial charge in [0.1, 0.15) is 0 Å². The fourth-order valence-electron chi connectivity index (χ4n) is 3.21. The molecule has 2 aromatic rings. The van der Waals surface area contributed by atoms with E-state index in [-0.39, 0.29) is 17.9 Å². The van der Waals surface area contributed by atoms with Crippen LogP contribution >= 0.6 is 0 Å². The van der Waals surface area contributed by atoms with E-state index in [0.29, 0.717) is 17.8 Å². The van der Waals surface area contributed by atoms with Gasteiger partial charge in [-0.2, -0.15) is 18.2 Å². The van der Waals surface area contributed by atoms with Crippen molar-refractivity contribution in [3.63, 3.8) is 0 Å². The Bertz CT molecular complexity index is 824. The lowest BCUT2D eigenvalue weighted by Gasteiger charge is -2.40. The van der Waals surface area contributed by atoms with Crippen molar-refractivity contribution in [2.45, 2.75) is 32.5 Å².